The molecule has 244 valence electrons. The van der Waals surface area contributed by atoms with Crippen molar-refractivity contribution in [1.29, 1.82) is 0 Å². The third-order valence-corrected chi connectivity index (χ3v) is 9.76. The summed E-state index contributed by atoms with van der Waals surface area (Å²) in [5.41, 5.74) is 2.81. The van der Waals surface area contributed by atoms with Gasteiger partial charge in [-0.25, -0.2) is 0 Å². The van der Waals surface area contributed by atoms with Gasteiger partial charge < -0.3 is 9.84 Å². The van der Waals surface area contributed by atoms with Gasteiger partial charge >= 0.3 is 5.91 Å². The Kier molecular flexibility index (Phi) is 8.74. The second-order valence-electron chi connectivity index (χ2n) is 11.6. The Morgan fingerprint density at radius 3 is 2.58 bits per heavy atom. The summed E-state index contributed by atoms with van der Waals surface area (Å²) in [6.45, 7) is 2.00. The molecule has 0 aliphatic carbocycles. The third-order valence-electron chi connectivity index (χ3n) is 8.55. The van der Waals surface area contributed by atoms with Crippen LogP contribution in [0.3, 0.4) is 0 Å². The fraction of sp³-hybridized carbons (Fsp3) is 0.265. The molecule has 13 nitrogen and oxygen atoms in total. The fourth-order valence-corrected chi connectivity index (χ4v) is 7.41. The number of ether oxygens (including phenoxy) is 1. The minimum Gasteiger partial charge on any atom is -0.493 e. The number of non-ortho nitro benzene ring substituents is 1. The normalized spacial score (nSPS) is 17.1. The van der Waals surface area contributed by atoms with Crippen LogP contribution in [0.4, 0.5) is 17.1 Å². The molecule has 5 aromatic rings. The number of hydrogen-bond acceptors (Lipinski definition) is 10. The molecule has 1 atom stereocenters. The third kappa shape index (κ3) is 6.07. The van der Waals surface area contributed by atoms with Crippen LogP contribution in [0.1, 0.15) is 30.2 Å². The quantitative estimate of drug-likeness (QED) is 0.103. The average Bonchev–Trinajstić information content (AvgIpc) is 3.62. The van der Waals surface area contributed by atoms with E-state index in [0.717, 1.165) is 37.0 Å². The fourth-order valence-electron chi connectivity index (χ4n) is 6.24. The molecule has 7 rings (SSSR count). The summed E-state index contributed by atoms with van der Waals surface area (Å²) in [7, 11) is 0. The lowest BCUT2D eigenvalue weighted by Crippen LogP contribution is -2.31. The number of nitro benzene ring substituents is 1. The number of aromatic nitrogens is 2. The predicted octanol–water partition coefficient (Wildman–Crippen LogP) is 6.71. The highest BCUT2D eigenvalue weighted by molar-refractivity contribution is 8.00. The van der Waals surface area contributed by atoms with Gasteiger partial charge in [0.05, 0.1) is 28.5 Å². The molecule has 3 aromatic carbocycles. The standard InChI is InChI=1S/C34H31N7O6S/c42-29(36-37-32-24-7-2-3-9-26(24)39(33(32)44)21-38-17-4-1-5-18-38)19-47-28-15-14-27(25-8-6-16-35-31(25)28)40-30(43)20-48-34(40)22-10-12-23(13-11-22)41(45)46/h2-3,6-16,34,44H,1,4-5,17-21H2. The Bertz CT molecular complexity index is 2060. The van der Waals surface area contributed by atoms with Gasteiger partial charge in [0, 0.05) is 29.1 Å². The lowest BCUT2D eigenvalue weighted by molar-refractivity contribution is -0.384. The highest BCUT2D eigenvalue weighted by atomic mass is 32.2. The SMILES string of the molecule is O=C(COc1ccc(N2C(=O)CSC2c2ccc([N+](=O)[O-])cc2)c2cccnc12)N=Nc1c(O)n(CN2CCCCC2)c2ccccc12. The van der Waals surface area contributed by atoms with Crippen LogP contribution in [0, 0.1) is 10.1 Å². The Morgan fingerprint density at radius 2 is 1.79 bits per heavy atom. The number of anilines is 1. The maximum absolute atomic E-state index is 13.1. The van der Waals surface area contributed by atoms with Crippen LogP contribution < -0.4 is 9.64 Å². The van der Waals surface area contributed by atoms with Crippen molar-refractivity contribution in [3.05, 3.63) is 94.7 Å². The Balaban J connectivity index is 1.10. The van der Waals surface area contributed by atoms with E-state index in [1.54, 1.807) is 46.0 Å². The smallest absolute Gasteiger partial charge is 0.302 e. The molecule has 48 heavy (non-hydrogen) atoms. The summed E-state index contributed by atoms with van der Waals surface area (Å²) in [5, 5.41) is 31.2. The van der Waals surface area contributed by atoms with Crippen molar-refractivity contribution in [1.82, 2.24) is 14.5 Å². The number of carbonyl (C=O) groups is 2. The van der Waals surface area contributed by atoms with Crippen molar-refractivity contribution in [2.24, 2.45) is 10.2 Å². The van der Waals surface area contributed by atoms with E-state index >= 15 is 0 Å². The van der Waals surface area contributed by atoms with Gasteiger partial charge in [0.2, 0.25) is 11.8 Å². The summed E-state index contributed by atoms with van der Waals surface area (Å²) in [6.07, 6.45) is 5.04. The summed E-state index contributed by atoms with van der Waals surface area (Å²) in [6, 6.07) is 20.6. The molecule has 0 bridgehead atoms. The zero-order valence-electron chi connectivity index (χ0n) is 25.8. The van der Waals surface area contributed by atoms with E-state index in [1.807, 2.05) is 30.3 Å². The molecule has 4 heterocycles. The Morgan fingerprint density at radius 1 is 1.02 bits per heavy atom. The molecule has 1 N–H and O–H groups in total. The first kappa shape index (κ1) is 31.3. The largest absolute Gasteiger partial charge is 0.493 e. The second kappa shape index (κ2) is 13.4. The van der Waals surface area contributed by atoms with Crippen LogP contribution >= 0.6 is 11.8 Å². The van der Waals surface area contributed by atoms with Crippen LogP contribution in [0.25, 0.3) is 21.8 Å². The lowest BCUT2D eigenvalue weighted by atomic mass is 10.1. The molecule has 0 saturated carbocycles. The van der Waals surface area contributed by atoms with E-state index in [0.29, 0.717) is 34.4 Å². The summed E-state index contributed by atoms with van der Waals surface area (Å²) in [5.74, 6) is -0.247. The van der Waals surface area contributed by atoms with Crippen molar-refractivity contribution < 1.29 is 24.4 Å². The van der Waals surface area contributed by atoms with E-state index in [2.05, 4.69) is 20.1 Å². The number of nitro groups is 1. The average molecular weight is 666 g/mol. The van der Waals surface area contributed by atoms with Crippen LogP contribution in [-0.4, -0.2) is 61.7 Å². The van der Waals surface area contributed by atoms with E-state index in [1.165, 1.54) is 30.3 Å². The molecule has 0 spiro atoms. The van der Waals surface area contributed by atoms with Gasteiger partial charge in [-0.15, -0.1) is 22.0 Å². The number of pyridine rings is 1. The van der Waals surface area contributed by atoms with Crippen LogP contribution in [-0.2, 0) is 16.3 Å². The summed E-state index contributed by atoms with van der Waals surface area (Å²) < 4.78 is 7.67. The molecule has 2 aromatic heterocycles. The molecular weight excluding hydrogens is 634 g/mol. The van der Waals surface area contributed by atoms with Gasteiger partial charge in [0.1, 0.15) is 16.6 Å². The van der Waals surface area contributed by atoms with Crippen molar-refractivity contribution in [3.8, 4) is 11.6 Å². The first-order valence-electron chi connectivity index (χ1n) is 15.5. The number of aromatic hydroxyl groups is 1. The number of rotatable bonds is 9. The molecule has 2 saturated heterocycles. The van der Waals surface area contributed by atoms with Crippen molar-refractivity contribution in [2.75, 3.05) is 30.3 Å². The number of nitrogens with zero attached hydrogens (tertiary/aromatic N) is 7. The molecular formula is C34H31N7O6S. The number of azo groups is 1. The number of fused-ring (bicyclic) bond motifs is 2. The van der Waals surface area contributed by atoms with E-state index in [-0.39, 0.29) is 28.9 Å². The van der Waals surface area contributed by atoms with Gasteiger partial charge in [-0.05, 0) is 74.0 Å². The number of benzene rings is 3. The number of thioether (sulfide) groups is 1. The van der Waals surface area contributed by atoms with Gasteiger partial charge in [-0.3, -0.25) is 39.1 Å². The minimum absolute atomic E-state index is 0.0266. The topological polar surface area (TPSA) is 156 Å². The number of carbonyl (C=O) groups excluding carboxylic acids is 2. The molecule has 2 aliphatic rings. The monoisotopic (exact) mass is 665 g/mol. The van der Waals surface area contributed by atoms with Gasteiger partial charge in [0.25, 0.3) is 5.69 Å². The number of para-hydroxylation sites is 1. The zero-order valence-corrected chi connectivity index (χ0v) is 26.6. The lowest BCUT2D eigenvalue weighted by Gasteiger charge is -2.27. The van der Waals surface area contributed by atoms with E-state index < -0.39 is 22.8 Å². The van der Waals surface area contributed by atoms with E-state index in [4.69, 9.17) is 4.74 Å². The number of piperidine rings is 1. The summed E-state index contributed by atoms with van der Waals surface area (Å²) in [4.78, 5) is 45.1. The number of likely N-dealkylation sites (tertiary alicyclic amines) is 1. The van der Waals surface area contributed by atoms with Crippen LogP contribution in [0.15, 0.2) is 89.2 Å². The van der Waals surface area contributed by atoms with Crippen molar-refractivity contribution in [3.63, 3.8) is 0 Å². The number of hydrogen-bond donors (Lipinski definition) is 1. The highest BCUT2D eigenvalue weighted by Crippen LogP contribution is 2.45. The van der Waals surface area contributed by atoms with Gasteiger partial charge in [-0.1, -0.05) is 24.6 Å². The Hall–Kier alpha value is -5.34. The van der Waals surface area contributed by atoms with Crippen molar-refractivity contribution >= 4 is 62.4 Å². The highest BCUT2D eigenvalue weighted by Gasteiger charge is 2.35. The second-order valence-corrected chi connectivity index (χ2v) is 12.6. The van der Waals surface area contributed by atoms with E-state index in [9.17, 15) is 24.8 Å². The van der Waals surface area contributed by atoms with Gasteiger partial charge in [-0.2, -0.15) is 0 Å². The number of amides is 2. The predicted molar refractivity (Wildman–Crippen MR) is 182 cm³/mol. The van der Waals surface area contributed by atoms with Crippen LogP contribution in [0.5, 0.6) is 11.6 Å². The van der Waals surface area contributed by atoms with Gasteiger partial charge in [0.15, 0.2) is 12.3 Å². The molecule has 14 heteroatoms. The Labute approximate surface area is 279 Å². The van der Waals surface area contributed by atoms with Crippen molar-refractivity contribution in [2.45, 2.75) is 31.3 Å². The zero-order chi connectivity index (χ0) is 33.2. The molecule has 2 amide bonds. The van der Waals surface area contributed by atoms with Crippen LogP contribution in [0.2, 0.25) is 0 Å². The first-order chi connectivity index (χ1) is 23.4. The minimum atomic E-state index is -0.653. The molecule has 2 aliphatic heterocycles. The molecule has 1 unspecified atom stereocenters. The molecule has 2 fully saturated rings. The summed E-state index contributed by atoms with van der Waals surface area (Å²) >= 11 is 1.43. The maximum Gasteiger partial charge on any atom is 0.302 e. The maximum atomic E-state index is 13.1. The first-order valence-corrected chi connectivity index (χ1v) is 16.6. The molecule has 0 radical (unpaired) electrons.